The van der Waals surface area contributed by atoms with Gasteiger partial charge >= 0.3 is 12.0 Å². The number of amides is 5. The molecule has 11 heteroatoms. The van der Waals surface area contributed by atoms with Gasteiger partial charge in [-0.05, 0) is 30.0 Å². The molecule has 11 nitrogen and oxygen atoms in total. The Morgan fingerprint density at radius 2 is 1.65 bits per heavy atom. The maximum absolute atomic E-state index is 13.6. The van der Waals surface area contributed by atoms with Gasteiger partial charge in [-0.2, -0.15) is 0 Å². The molecule has 0 aromatic heterocycles. The van der Waals surface area contributed by atoms with Crippen LogP contribution in [0.2, 0.25) is 0 Å². The van der Waals surface area contributed by atoms with Gasteiger partial charge in [-0.3, -0.25) is 19.3 Å². The van der Waals surface area contributed by atoms with Crippen LogP contribution < -0.4 is 26.6 Å². The van der Waals surface area contributed by atoms with Crippen LogP contribution in [0.15, 0.2) is 54.6 Å². The lowest BCUT2D eigenvalue weighted by atomic mass is 9.97. The lowest BCUT2D eigenvalue weighted by molar-refractivity contribution is -0.142. The molecular formula is C26H31N5O6. The predicted octanol–water partition coefficient (Wildman–Crippen LogP) is 1.63. The number of benzene rings is 2. The normalized spacial score (nSPS) is 16.2. The summed E-state index contributed by atoms with van der Waals surface area (Å²) in [6.45, 7) is 3.62. The summed E-state index contributed by atoms with van der Waals surface area (Å²) in [5.74, 6) is -3.38. The minimum absolute atomic E-state index is 0.0641. The zero-order valence-corrected chi connectivity index (χ0v) is 20.6. The van der Waals surface area contributed by atoms with Crippen LogP contribution in [-0.2, 0) is 25.6 Å². The molecule has 1 heterocycles. The van der Waals surface area contributed by atoms with E-state index in [0.29, 0.717) is 11.4 Å². The van der Waals surface area contributed by atoms with Crippen LogP contribution in [-0.4, -0.2) is 53.0 Å². The fraction of sp³-hybridized carbons (Fsp3) is 0.346. The van der Waals surface area contributed by atoms with Crippen molar-refractivity contribution in [2.45, 2.75) is 51.2 Å². The Kier molecular flexibility index (Phi) is 8.83. The van der Waals surface area contributed by atoms with Crippen molar-refractivity contribution in [2.24, 2.45) is 11.7 Å². The van der Waals surface area contributed by atoms with Gasteiger partial charge in [0.25, 0.3) is 0 Å². The van der Waals surface area contributed by atoms with Crippen molar-refractivity contribution >= 4 is 41.1 Å². The van der Waals surface area contributed by atoms with Crippen LogP contribution in [0.3, 0.4) is 0 Å². The van der Waals surface area contributed by atoms with E-state index in [0.717, 1.165) is 5.56 Å². The SMILES string of the molecule is CC(C)[C@@H]1C(=O)Nc2ccccc2N1C(=O)N[C@H](Cc1ccccc1)C(=O)N[C@@H](CCC(N)=O)C(=O)O. The summed E-state index contributed by atoms with van der Waals surface area (Å²) >= 11 is 0. The number of carboxylic acid groups (broad SMARTS) is 1. The average molecular weight is 510 g/mol. The van der Waals surface area contributed by atoms with Gasteiger partial charge in [-0.25, -0.2) is 9.59 Å². The summed E-state index contributed by atoms with van der Waals surface area (Å²) in [6.07, 6.45) is -0.366. The second-order valence-corrected chi connectivity index (χ2v) is 9.16. The number of urea groups is 1. The third-order valence-electron chi connectivity index (χ3n) is 6.01. The van der Waals surface area contributed by atoms with Gasteiger partial charge in [0, 0.05) is 12.8 Å². The maximum Gasteiger partial charge on any atom is 0.326 e. The molecule has 5 amide bonds. The number of anilines is 2. The maximum atomic E-state index is 13.6. The second kappa shape index (κ2) is 12.0. The van der Waals surface area contributed by atoms with Crippen molar-refractivity contribution in [3.8, 4) is 0 Å². The van der Waals surface area contributed by atoms with Crippen LogP contribution in [0, 0.1) is 5.92 Å². The third kappa shape index (κ3) is 6.84. The summed E-state index contributed by atoms with van der Waals surface area (Å²) < 4.78 is 0. The Morgan fingerprint density at radius 3 is 2.27 bits per heavy atom. The monoisotopic (exact) mass is 509 g/mol. The Bertz CT molecular complexity index is 1170. The second-order valence-electron chi connectivity index (χ2n) is 9.16. The highest BCUT2D eigenvalue weighted by Gasteiger charge is 2.40. The Morgan fingerprint density at radius 1 is 1.00 bits per heavy atom. The van der Waals surface area contributed by atoms with Crippen molar-refractivity contribution < 1.29 is 29.1 Å². The Balaban J connectivity index is 1.90. The number of nitrogens with one attached hydrogen (secondary N) is 3. The third-order valence-corrected chi connectivity index (χ3v) is 6.01. The van der Waals surface area contributed by atoms with Crippen molar-refractivity contribution in [1.82, 2.24) is 10.6 Å². The number of carboxylic acids is 1. The standard InChI is InChI=1S/C26H31N5O6/c1-15(2)22-24(34)28-17-10-6-7-11-20(17)31(22)26(37)30-19(14-16-8-4-3-5-9-16)23(33)29-18(25(35)36)12-13-21(27)32/h3-11,15,18-19,22H,12-14H2,1-2H3,(H2,27,32)(H,28,34)(H,29,33)(H,30,37)(H,35,36)/t18-,19+,22+/m0/s1. The number of hydrogen-bond donors (Lipinski definition) is 5. The number of carbonyl (C=O) groups excluding carboxylic acids is 4. The lowest BCUT2D eigenvalue weighted by Gasteiger charge is -2.39. The molecule has 0 fully saturated rings. The summed E-state index contributed by atoms with van der Waals surface area (Å²) in [5, 5.41) is 17.4. The van der Waals surface area contributed by atoms with Gasteiger partial charge in [-0.15, -0.1) is 0 Å². The summed E-state index contributed by atoms with van der Waals surface area (Å²) in [6, 6.07) is 11.7. The van der Waals surface area contributed by atoms with E-state index >= 15 is 0 Å². The van der Waals surface area contributed by atoms with E-state index in [1.54, 1.807) is 54.6 Å². The molecule has 0 unspecified atom stereocenters. The molecule has 37 heavy (non-hydrogen) atoms. The smallest absolute Gasteiger partial charge is 0.326 e. The molecule has 6 N–H and O–H groups in total. The molecule has 3 rings (SSSR count). The van der Waals surface area contributed by atoms with Crippen molar-refractivity contribution in [2.75, 3.05) is 10.2 Å². The van der Waals surface area contributed by atoms with Crippen molar-refractivity contribution in [1.29, 1.82) is 0 Å². The number of aliphatic carboxylic acids is 1. The molecule has 0 aliphatic carbocycles. The van der Waals surface area contributed by atoms with Crippen molar-refractivity contribution in [3.05, 3.63) is 60.2 Å². The zero-order valence-electron chi connectivity index (χ0n) is 20.6. The van der Waals surface area contributed by atoms with E-state index in [2.05, 4.69) is 16.0 Å². The lowest BCUT2D eigenvalue weighted by Crippen LogP contribution is -2.60. The topological polar surface area (TPSA) is 171 Å². The number of hydrogen-bond acceptors (Lipinski definition) is 5. The molecular weight excluding hydrogens is 478 g/mol. The Labute approximate surface area is 214 Å². The van der Waals surface area contributed by atoms with Gasteiger partial charge in [0.05, 0.1) is 11.4 Å². The van der Waals surface area contributed by atoms with Crippen LogP contribution >= 0.6 is 0 Å². The summed E-state index contributed by atoms with van der Waals surface area (Å²) in [5.41, 5.74) is 6.79. The van der Waals surface area contributed by atoms with E-state index < -0.39 is 41.9 Å². The minimum Gasteiger partial charge on any atom is -0.480 e. The average Bonchev–Trinajstić information content (AvgIpc) is 2.85. The number of carbonyl (C=O) groups is 5. The number of fused-ring (bicyclic) bond motifs is 1. The zero-order chi connectivity index (χ0) is 27.1. The molecule has 0 spiro atoms. The molecule has 2 aromatic carbocycles. The number of nitrogens with zero attached hydrogens (tertiary/aromatic N) is 1. The first kappa shape index (κ1) is 27.2. The molecule has 0 saturated heterocycles. The van der Waals surface area contributed by atoms with Crippen LogP contribution in [0.1, 0.15) is 32.3 Å². The number of para-hydroxylation sites is 2. The first-order chi connectivity index (χ1) is 17.6. The summed E-state index contributed by atoms with van der Waals surface area (Å²) in [7, 11) is 0. The molecule has 196 valence electrons. The van der Waals surface area contributed by atoms with Gasteiger partial charge in [0.15, 0.2) is 0 Å². The van der Waals surface area contributed by atoms with Gasteiger partial charge < -0.3 is 26.8 Å². The van der Waals surface area contributed by atoms with Crippen LogP contribution in [0.5, 0.6) is 0 Å². The van der Waals surface area contributed by atoms with Gasteiger partial charge in [-0.1, -0.05) is 56.3 Å². The fourth-order valence-corrected chi connectivity index (χ4v) is 4.19. The number of nitrogens with two attached hydrogens (primary N) is 1. The Hall–Kier alpha value is -4.41. The van der Waals surface area contributed by atoms with Crippen LogP contribution in [0.25, 0.3) is 0 Å². The largest absolute Gasteiger partial charge is 0.480 e. The predicted molar refractivity (Wildman–Crippen MR) is 137 cm³/mol. The van der Waals surface area contributed by atoms with Gasteiger partial charge in [0.1, 0.15) is 18.1 Å². The molecule has 0 radical (unpaired) electrons. The van der Waals surface area contributed by atoms with Crippen molar-refractivity contribution in [3.63, 3.8) is 0 Å². The minimum atomic E-state index is -1.37. The first-order valence-electron chi connectivity index (χ1n) is 11.9. The fourth-order valence-electron chi connectivity index (χ4n) is 4.19. The number of rotatable bonds is 10. The highest BCUT2D eigenvalue weighted by molar-refractivity contribution is 6.12. The molecule has 3 atom stereocenters. The van der Waals surface area contributed by atoms with Gasteiger partial charge in [0.2, 0.25) is 17.7 Å². The molecule has 2 aromatic rings. The quantitative estimate of drug-likeness (QED) is 0.326. The molecule has 1 aliphatic rings. The molecule has 0 bridgehead atoms. The molecule has 0 saturated carbocycles. The summed E-state index contributed by atoms with van der Waals surface area (Å²) in [4.78, 5) is 63.9. The highest BCUT2D eigenvalue weighted by atomic mass is 16.4. The molecule has 1 aliphatic heterocycles. The van der Waals surface area contributed by atoms with E-state index in [-0.39, 0.29) is 31.1 Å². The van der Waals surface area contributed by atoms with E-state index in [9.17, 15) is 29.1 Å². The first-order valence-corrected chi connectivity index (χ1v) is 11.9. The van der Waals surface area contributed by atoms with E-state index in [1.807, 2.05) is 13.8 Å². The highest BCUT2D eigenvalue weighted by Crippen LogP contribution is 2.34. The van der Waals surface area contributed by atoms with E-state index in [1.165, 1.54) is 4.90 Å². The number of primary amides is 1. The van der Waals surface area contributed by atoms with E-state index in [4.69, 9.17) is 5.73 Å². The van der Waals surface area contributed by atoms with Crippen LogP contribution in [0.4, 0.5) is 16.2 Å².